The van der Waals surface area contributed by atoms with Crippen LogP contribution in [0.4, 0.5) is 26.3 Å². The Morgan fingerprint density at radius 2 is 1.70 bits per heavy atom. The van der Waals surface area contributed by atoms with Crippen LogP contribution in [0.1, 0.15) is 70.8 Å². The molecular weight excluding hydrogens is 504 g/mol. The molecule has 2 aliphatic rings. The number of esters is 1. The van der Waals surface area contributed by atoms with Gasteiger partial charge < -0.3 is 9.84 Å². The normalized spacial score (nSPS) is 18.7. The summed E-state index contributed by atoms with van der Waals surface area (Å²) in [6.07, 6.45) is -8.46. The molecule has 1 aliphatic carbocycles. The van der Waals surface area contributed by atoms with E-state index in [1.54, 1.807) is 18.2 Å². The highest BCUT2D eigenvalue weighted by atomic mass is 19.4. The van der Waals surface area contributed by atoms with E-state index in [1.165, 1.54) is 17.9 Å². The average Bonchev–Trinajstić information content (AvgIpc) is 3.62. The van der Waals surface area contributed by atoms with Crippen molar-refractivity contribution < 1.29 is 45.8 Å². The zero-order chi connectivity index (χ0) is 27.1. The van der Waals surface area contributed by atoms with Crippen molar-refractivity contribution in [3.05, 3.63) is 70.3 Å². The molecular formula is C26H25F6NO4. The molecule has 0 aromatic heterocycles. The molecule has 1 N–H and O–H groups in total. The fourth-order valence-corrected chi connectivity index (χ4v) is 4.76. The molecule has 2 aromatic rings. The molecule has 2 fully saturated rings. The highest BCUT2D eigenvalue weighted by molar-refractivity contribution is 5.89. The van der Waals surface area contributed by atoms with E-state index in [0.717, 1.165) is 18.4 Å². The molecule has 200 valence electrons. The summed E-state index contributed by atoms with van der Waals surface area (Å²) in [7, 11) is 0. The van der Waals surface area contributed by atoms with Crippen LogP contribution in [0, 0.1) is 5.92 Å². The van der Waals surface area contributed by atoms with Gasteiger partial charge in [0.2, 0.25) is 0 Å². The number of nitrogens with zero attached hydrogens (tertiary/aromatic N) is 1. The fraction of sp³-hybridized carbons (Fsp3) is 0.462. The minimum Gasteiger partial charge on any atom is -0.481 e. The van der Waals surface area contributed by atoms with Crippen LogP contribution < -0.4 is 0 Å². The molecule has 4 rings (SSSR count). The lowest BCUT2D eigenvalue weighted by molar-refractivity contribution is -0.142. The van der Waals surface area contributed by atoms with Gasteiger partial charge in [-0.15, -0.1) is 0 Å². The van der Waals surface area contributed by atoms with Gasteiger partial charge in [-0.2, -0.15) is 26.3 Å². The van der Waals surface area contributed by atoms with Gasteiger partial charge in [0.1, 0.15) is 6.10 Å². The Morgan fingerprint density at radius 1 is 1.03 bits per heavy atom. The number of carbonyl (C=O) groups is 2. The maximum Gasteiger partial charge on any atom is 0.416 e. The van der Waals surface area contributed by atoms with Gasteiger partial charge in [0.25, 0.3) is 0 Å². The van der Waals surface area contributed by atoms with Crippen LogP contribution in [0.2, 0.25) is 0 Å². The Labute approximate surface area is 209 Å². The lowest BCUT2D eigenvalue weighted by Crippen LogP contribution is -2.53. The highest BCUT2D eigenvalue weighted by Gasteiger charge is 2.41. The lowest BCUT2D eigenvalue weighted by Gasteiger charge is -2.43. The van der Waals surface area contributed by atoms with Crippen LogP contribution in [0.3, 0.4) is 0 Å². The third-order valence-corrected chi connectivity index (χ3v) is 6.97. The number of alkyl halides is 6. The number of hydrogen-bond acceptors (Lipinski definition) is 4. The van der Waals surface area contributed by atoms with Crippen molar-refractivity contribution in [2.45, 2.75) is 56.6 Å². The molecule has 1 saturated carbocycles. The zero-order valence-electron chi connectivity index (χ0n) is 19.8. The number of hydrogen-bond donors (Lipinski definition) is 1. The number of rotatable bonds is 8. The zero-order valence-corrected chi connectivity index (χ0v) is 19.8. The first-order valence-electron chi connectivity index (χ1n) is 11.8. The Hall–Kier alpha value is -3.08. The highest BCUT2D eigenvalue weighted by Crippen LogP contribution is 2.45. The van der Waals surface area contributed by atoms with Gasteiger partial charge in [-0.3, -0.25) is 9.69 Å². The molecule has 0 radical (unpaired) electrons. The first-order chi connectivity index (χ1) is 17.2. The van der Waals surface area contributed by atoms with E-state index in [4.69, 9.17) is 4.74 Å². The van der Waals surface area contributed by atoms with Gasteiger partial charge in [-0.05, 0) is 73.1 Å². The first kappa shape index (κ1) is 27.0. The summed E-state index contributed by atoms with van der Waals surface area (Å²) in [5.41, 5.74) is -1.84. The lowest BCUT2D eigenvalue weighted by atomic mass is 9.90. The quantitative estimate of drug-likeness (QED) is 0.322. The molecule has 1 unspecified atom stereocenters. The first-order valence-corrected chi connectivity index (χ1v) is 11.8. The monoisotopic (exact) mass is 529 g/mol. The van der Waals surface area contributed by atoms with Gasteiger partial charge >= 0.3 is 24.3 Å². The van der Waals surface area contributed by atoms with Gasteiger partial charge in [-0.25, -0.2) is 4.79 Å². The van der Waals surface area contributed by atoms with Crippen molar-refractivity contribution in [3.8, 4) is 0 Å². The van der Waals surface area contributed by atoms with E-state index in [0.29, 0.717) is 18.2 Å². The van der Waals surface area contributed by atoms with E-state index in [2.05, 4.69) is 0 Å². The minimum absolute atomic E-state index is 0.0475. The Bertz CT molecular complexity index is 1170. The molecule has 0 amide bonds. The van der Waals surface area contributed by atoms with E-state index < -0.39 is 53.1 Å². The molecule has 2 atom stereocenters. The number of ether oxygens (including phenoxy) is 1. The molecule has 1 aliphatic heterocycles. The van der Waals surface area contributed by atoms with Crippen molar-refractivity contribution in [2.24, 2.45) is 5.92 Å². The summed E-state index contributed by atoms with van der Waals surface area (Å²) in [4.78, 5) is 25.4. The third kappa shape index (κ3) is 6.26. The second kappa shape index (κ2) is 10.00. The summed E-state index contributed by atoms with van der Waals surface area (Å²) in [6, 6.07) is 6.93. The van der Waals surface area contributed by atoms with Crippen LogP contribution in [-0.4, -0.2) is 41.1 Å². The standard InChI is InChI=1S/C26H25F6NO4/c1-14(20-10-18(25(27,28)29)7-8-22(20)26(30,31)32)33-12-19(13-33)37-24(36)17-4-2-3-16(9-17)21(11-23(34)35)15-5-6-15/h2-4,7-10,14-15,19,21H,5-6,11-13H2,1H3,(H,34,35)/t14?,21-/m0/s1. The Morgan fingerprint density at radius 3 is 2.27 bits per heavy atom. The number of carbonyl (C=O) groups excluding carboxylic acids is 1. The topological polar surface area (TPSA) is 66.8 Å². The second-order valence-electron chi connectivity index (χ2n) is 9.62. The van der Waals surface area contributed by atoms with Crippen LogP contribution in [0.25, 0.3) is 0 Å². The van der Waals surface area contributed by atoms with Crippen LogP contribution in [0.15, 0.2) is 42.5 Å². The number of carboxylic acid groups (broad SMARTS) is 1. The van der Waals surface area contributed by atoms with Gasteiger partial charge in [0.15, 0.2) is 0 Å². The maximum absolute atomic E-state index is 13.5. The van der Waals surface area contributed by atoms with E-state index >= 15 is 0 Å². The summed E-state index contributed by atoms with van der Waals surface area (Å²) in [6.45, 7) is 1.50. The predicted molar refractivity (Wildman–Crippen MR) is 120 cm³/mol. The van der Waals surface area contributed by atoms with E-state index in [-0.39, 0.29) is 36.9 Å². The number of aliphatic carboxylic acids is 1. The predicted octanol–water partition coefficient (Wildman–Crippen LogP) is 6.29. The molecule has 1 heterocycles. The molecule has 11 heteroatoms. The van der Waals surface area contributed by atoms with Crippen molar-refractivity contribution in [2.75, 3.05) is 13.1 Å². The second-order valence-corrected chi connectivity index (χ2v) is 9.62. The number of carboxylic acids is 1. The fourth-order valence-electron chi connectivity index (χ4n) is 4.76. The van der Waals surface area contributed by atoms with Gasteiger partial charge in [-0.1, -0.05) is 12.1 Å². The SMILES string of the molecule is CC(c1cc(C(F)(F)F)ccc1C(F)(F)F)N1CC(OC(=O)c2cccc([C@@H](CC(=O)O)C3CC3)c2)C1. The van der Waals surface area contributed by atoms with Crippen molar-refractivity contribution >= 4 is 11.9 Å². The van der Waals surface area contributed by atoms with Crippen molar-refractivity contribution in [1.29, 1.82) is 0 Å². The summed E-state index contributed by atoms with van der Waals surface area (Å²) in [5.74, 6) is -1.54. The molecule has 5 nitrogen and oxygen atoms in total. The molecule has 1 saturated heterocycles. The van der Waals surface area contributed by atoms with Crippen LogP contribution >= 0.6 is 0 Å². The van der Waals surface area contributed by atoms with E-state index in [9.17, 15) is 41.0 Å². The van der Waals surface area contributed by atoms with Gasteiger partial charge in [0, 0.05) is 19.1 Å². The smallest absolute Gasteiger partial charge is 0.416 e. The minimum atomic E-state index is -4.82. The van der Waals surface area contributed by atoms with E-state index in [1.807, 2.05) is 0 Å². The number of halogens is 6. The molecule has 0 spiro atoms. The van der Waals surface area contributed by atoms with Crippen molar-refractivity contribution in [1.82, 2.24) is 4.90 Å². The summed E-state index contributed by atoms with van der Waals surface area (Å²) < 4.78 is 85.3. The average molecular weight is 529 g/mol. The van der Waals surface area contributed by atoms with Crippen molar-refractivity contribution in [3.63, 3.8) is 0 Å². The summed E-state index contributed by atoms with van der Waals surface area (Å²) in [5, 5.41) is 9.21. The van der Waals surface area contributed by atoms with Crippen LogP contribution in [-0.2, 0) is 21.9 Å². The van der Waals surface area contributed by atoms with Crippen LogP contribution in [0.5, 0.6) is 0 Å². The Kier molecular flexibility index (Phi) is 7.29. The number of benzene rings is 2. The molecule has 2 aromatic carbocycles. The molecule has 37 heavy (non-hydrogen) atoms. The number of likely N-dealkylation sites (tertiary alicyclic amines) is 1. The molecule has 0 bridgehead atoms. The third-order valence-electron chi connectivity index (χ3n) is 6.97. The largest absolute Gasteiger partial charge is 0.481 e. The van der Waals surface area contributed by atoms with Gasteiger partial charge in [0.05, 0.1) is 23.1 Å². The maximum atomic E-state index is 13.5. The Balaban J connectivity index is 1.42. The summed E-state index contributed by atoms with van der Waals surface area (Å²) >= 11 is 0.